The summed E-state index contributed by atoms with van der Waals surface area (Å²) in [6.45, 7) is 2.20. The van der Waals surface area contributed by atoms with Gasteiger partial charge in [0.1, 0.15) is 0 Å². The van der Waals surface area contributed by atoms with Gasteiger partial charge in [-0.25, -0.2) is 0 Å². The zero-order valence-corrected chi connectivity index (χ0v) is 12.0. The molecule has 0 saturated heterocycles. The predicted octanol–water partition coefficient (Wildman–Crippen LogP) is 5.16. The van der Waals surface area contributed by atoms with Crippen LogP contribution in [0.1, 0.15) is 49.3 Å². The van der Waals surface area contributed by atoms with Gasteiger partial charge in [-0.15, -0.1) is 0 Å². The molecule has 20 heavy (non-hydrogen) atoms. The summed E-state index contributed by atoms with van der Waals surface area (Å²) in [5.74, 6) is 0.530. The molecule has 0 aliphatic heterocycles. The van der Waals surface area contributed by atoms with Crippen LogP contribution in [-0.2, 0) is 0 Å². The van der Waals surface area contributed by atoms with Crippen LogP contribution in [0.2, 0.25) is 0 Å². The van der Waals surface area contributed by atoms with Gasteiger partial charge in [-0.2, -0.15) is 0 Å². The van der Waals surface area contributed by atoms with Crippen LogP contribution in [0.5, 0.6) is 0 Å². The molecule has 0 aromatic heterocycles. The summed E-state index contributed by atoms with van der Waals surface area (Å²) in [7, 11) is 0. The Hall–Kier alpha value is -1.89. The Balaban J connectivity index is 1.83. The van der Waals surface area contributed by atoms with Gasteiger partial charge in [0.05, 0.1) is 6.04 Å². The van der Waals surface area contributed by atoms with Crippen molar-refractivity contribution in [2.45, 2.75) is 38.1 Å². The fraction of sp³-hybridized carbons (Fsp3) is 0.316. The minimum absolute atomic E-state index is 0.260. The quantitative estimate of drug-likeness (QED) is 0.725. The fourth-order valence-corrected chi connectivity index (χ4v) is 3.08. The minimum Gasteiger partial charge on any atom is -0.286 e. The average molecular weight is 263 g/mol. The standard InChI is InChI=1S/C19H21N/c1-15(16-9-4-2-5-10-16)20-19-14-8-13-18(19)17-11-6-3-7-12-17/h2-7,9-12,15,18H,8,13-14H2,1H3/t15-,18?/m0/s1. The summed E-state index contributed by atoms with van der Waals surface area (Å²) in [5.41, 5.74) is 4.11. The van der Waals surface area contributed by atoms with Crippen molar-refractivity contribution < 1.29 is 0 Å². The molecule has 0 bridgehead atoms. The van der Waals surface area contributed by atoms with Gasteiger partial charge in [0.2, 0.25) is 0 Å². The highest BCUT2D eigenvalue weighted by atomic mass is 14.8. The maximum Gasteiger partial charge on any atom is 0.0720 e. The highest BCUT2D eigenvalue weighted by molar-refractivity contribution is 5.93. The molecular weight excluding hydrogens is 242 g/mol. The lowest BCUT2D eigenvalue weighted by Gasteiger charge is -2.14. The van der Waals surface area contributed by atoms with Crippen molar-refractivity contribution in [3.05, 3.63) is 71.8 Å². The van der Waals surface area contributed by atoms with Crippen LogP contribution in [0.25, 0.3) is 0 Å². The summed E-state index contributed by atoms with van der Waals surface area (Å²) in [5, 5.41) is 0. The van der Waals surface area contributed by atoms with Crippen LogP contribution in [0.3, 0.4) is 0 Å². The van der Waals surface area contributed by atoms with Gasteiger partial charge in [-0.05, 0) is 37.3 Å². The van der Waals surface area contributed by atoms with Gasteiger partial charge in [-0.3, -0.25) is 4.99 Å². The molecule has 0 radical (unpaired) electrons. The van der Waals surface area contributed by atoms with E-state index in [-0.39, 0.29) is 6.04 Å². The van der Waals surface area contributed by atoms with E-state index in [9.17, 15) is 0 Å². The van der Waals surface area contributed by atoms with Gasteiger partial charge in [0.25, 0.3) is 0 Å². The van der Waals surface area contributed by atoms with Crippen molar-refractivity contribution in [2.24, 2.45) is 4.99 Å². The summed E-state index contributed by atoms with van der Waals surface area (Å²) in [6, 6.07) is 21.7. The molecular formula is C19H21N. The third-order valence-electron chi connectivity index (χ3n) is 4.17. The number of hydrogen-bond donors (Lipinski definition) is 0. The Labute approximate surface area is 121 Å². The number of aliphatic imine (C=N–C) groups is 1. The van der Waals surface area contributed by atoms with Crippen LogP contribution >= 0.6 is 0 Å². The molecule has 1 fully saturated rings. The number of rotatable bonds is 3. The first-order chi connectivity index (χ1) is 9.84. The second kappa shape index (κ2) is 6.04. The Morgan fingerprint density at radius 1 is 0.950 bits per heavy atom. The normalized spacial score (nSPS) is 22.1. The van der Waals surface area contributed by atoms with E-state index in [0.29, 0.717) is 5.92 Å². The Kier molecular flexibility index (Phi) is 3.96. The lowest BCUT2D eigenvalue weighted by molar-refractivity contribution is 0.791. The highest BCUT2D eigenvalue weighted by Crippen LogP contribution is 2.33. The van der Waals surface area contributed by atoms with Crippen molar-refractivity contribution in [1.29, 1.82) is 0 Å². The lowest BCUT2D eigenvalue weighted by atomic mass is 9.96. The van der Waals surface area contributed by atoms with E-state index in [1.807, 2.05) is 0 Å². The van der Waals surface area contributed by atoms with E-state index in [1.165, 1.54) is 29.7 Å². The first-order valence-electron chi connectivity index (χ1n) is 7.51. The van der Waals surface area contributed by atoms with Crippen molar-refractivity contribution in [3.8, 4) is 0 Å². The fourth-order valence-electron chi connectivity index (χ4n) is 3.08. The van der Waals surface area contributed by atoms with Crippen molar-refractivity contribution in [2.75, 3.05) is 0 Å². The Morgan fingerprint density at radius 3 is 2.30 bits per heavy atom. The topological polar surface area (TPSA) is 12.4 Å². The SMILES string of the molecule is C[C@H](N=C1CCCC1c1ccccc1)c1ccccc1. The average Bonchev–Trinajstić information content (AvgIpc) is 2.97. The Morgan fingerprint density at radius 2 is 1.60 bits per heavy atom. The molecule has 1 heteroatoms. The van der Waals surface area contributed by atoms with Crippen LogP contribution < -0.4 is 0 Å². The molecule has 102 valence electrons. The maximum absolute atomic E-state index is 5.02. The number of nitrogens with zero attached hydrogens (tertiary/aromatic N) is 1. The van der Waals surface area contributed by atoms with E-state index in [4.69, 9.17) is 4.99 Å². The zero-order chi connectivity index (χ0) is 13.8. The summed E-state index contributed by atoms with van der Waals surface area (Å²) >= 11 is 0. The van der Waals surface area contributed by atoms with Crippen molar-refractivity contribution in [1.82, 2.24) is 0 Å². The molecule has 1 nitrogen and oxygen atoms in total. The smallest absolute Gasteiger partial charge is 0.0720 e. The first-order valence-corrected chi connectivity index (χ1v) is 7.51. The van der Waals surface area contributed by atoms with Crippen LogP contribution in [-0.4, -0.2) is 5.71 Å². The highest BCUT2D eigenvalue weighted by Gasteiger charge is 2.24. The third kappa shape index (κ3) is 2.82. The maximum atomic E-state index is 5.02. The minimum atomic E-state index is 0.260. The molecule has 1 aliphatic carbocycles. The molecule has 1 saturated carbocycles. The van der Waals surface area contributed by atoms with Gasteiger partial charge in [0.15, 0.2) is 0 Å². The van der Waals surface area contributed by atoms with Gasteiger partial charge in [0, 0.05) is 11.6 Å². The molecule has 3 rings (SSSR count). The van der Waals surface area contributed by atoms with Crippen LogP contribution in [0.15, 0.2) is 65.7 Å². The van der Waals surface area contributed by atoms with Crippen LogP contribution in [0, 0.1) is 0 Å². The molecule has 0 heterocycles. The van der Waals surface area contributed by atoms with Crippen LogP contribution in [0.4, 0.5) is 0 Å². The summed E-state index contributed by atoms with van der Waals surface area (Å²) < 4.78 is 0. The molecule has 0 N–H and O–H groups in total. The summed E-state index contributed by atoms with van der Waals surface area (Å²) in [6.07, 6.45) is 3.65. The molecule has 1 aliphatic rings. The van der Waals surface area contributed by atoms with Gasteiger partial charge < -0.3 is 0 Å². The van der Waals surface area contributed by atoms with Gasteiger partial charge >= 0.3 is 0 Å². The molecule has 2 aromatic rings. The van der Waals surface area contributed by atoms with E-state index < -0.39 is 0 Å². The molecule has 2 atom stereocenters. The van der Waals surface area contributed by atoms with E-state index in [2.05, 4.69) is 67.6 Å². The van der Waals surface area contributed by atoms with E-state index in [0.717, 1.165) is 6.42 Å². The number of hydrogen-bond acceptors (Lipinski definition) is 1. The number of benzene rings is 2. The first kappa shape index (κ1) is 13.1. The largest absolute Gasteiger partial charge is 0.286 e. The van der Waals surface area contributed by atoms with Crippen molar-refractivity contribution >= 4 is 5.71 Å². The molecule has 1 unspecified atom stereocenters. The summed E-state index contributed by atoms with van der Waals surface area (Å²) in [4.78, 5) is 5.02. The Bertz CT molecular complexity index is 571. The zero-order valence-electron chi connectivity index (χ0n) is 12.0. The van der Waals surface area contributed by atoms with Crippen molar-refractivity contribution in [3.63, 3.8) is 0 Å². The second-order valence-electron chi connectivity index (χ2n) is 5.56. The molecule has 2 aromatic carbocycles. The lowest BCUT2D eigenvalue weighted by Crippen LogP contribution is -2.07. The molecule has 0 amide bonds. The van der Waals surface area contributed by atoms with E-state index in [1.54, 1.807) is 0 Å². The van der Waals surface area contributed by atoms with E-state index >= 15 is 0 Å². The third-order valence-corrected chi connectivity index (χ3v) is 4.17. The van der Waals surface area contributed by atoms with Gasteiger partial charge in [-0.1, -0.05) is 60.7 Å². The molecule has 0 spiro atoms. The monoisotopic (exact) mass is 263 g/mol. The second-order valence-corrected chi connectivity index (χ2v) is 5.56. The predicted molar refractivity (Wildman–Crippen MR) is 85.3 cm³/mol.